The van der Waals surface area contributed by atoms with Crippen molar-refractivity contribution >= 4 is 23.5 Å². The summed E-state index contributed by atoms with van der Waals surface area (Å²) in [6.07, 6.45) is 0.577. The topological polar surface area (TPSA) is 75.7 Å². The number of carbonyl (C=O) groups is 3. The molecule has 2 amide bonds. The van der Waals surface area contributed by atoms with Gasteiger partial charge in [-0.15, -0.1) is 0 Å². The van der Waals surface area contributed by atoms with Gasteiger partial charge in [0, 0.05) is 24.4 Å². The zero-order valence-corrected chi connectivity index (χ0v) is 16.6. The van der Waals surface area contributed by atoms with E-state index in [1.54, 1.807) is 19.1 Å². The summed E-state index contributed by atoms with van der Waals surface area (Å²) < 4.78 is 4.92. The molecular weight excluding hydrogens is 368 g/mol. The minimum atomic E-state index is -0.870. The number of benzene rings is 2. The lowest BCUT2D eigenvalue weighted by Crippen LogP contribution is -2.45. The summed E-state index contributed by atoms with van der Waals surface area (Å²) >= 11 is 0. The number of nitrogens with one attached hydrogen (secondary N) is 1. The second-order valence-electron chi connectivity index (χ2n) is 6.84. The Morgan fingerprint density at radius 3 is 2.31 bits per heavy atom. The zero-order valence-electron chi connectivity index (χ0n) is 16.6. The number of allylic oxidation sites excluding steroid dienone is 1. The Kier molecular flexibility index (Phi) is 6.44. The van der Waals surface area contributed by atoms with Gasteiger partial charge in [0.25, 0.3) is 0 Å². The summed E-state index contributed by atoms with van der Waals surface area (Å²) in [4.78, 5) is 39.6. The highest BCUT2D eigenvalue weighted by Gasteiger charge is 2.40. The molecule has 2 aromatic carbocycles. The van der Waals surface area contributed by atoms with Gasteiger partial charge in [-0.3, -0.25) is 14.5 Å². The van der Waals surface area contributed by atoms with E-state index in [1.807, 2.05) is 48.5 Å². The maximum atomic E-state index is 12.8. The fraction of sp³-hybridized carbons (Fsp3) is 0.261. The predicted molar refractivity (Wildman–Crippen MR) is 110 cm³/mol. The van der Waals surface area contributed by atoms with E-state index >= 15 is 0 Å². The van der Waals surface area contributed by atoms with Crippen LogP contribution in [0.2, 0.25) is 0 Å². The Labute approximate surface area is 170 Å². The monoisotopic (exact) mass is 392 g/mol. The smallest absolute Gasteiger partial charge is 0.336 e. The van der Waals surface area contributed by atoms with Crippen LogP contribution < -0.4 is 10.2 Å². The van der Waals surface area contributed by atoms with Crippen LogP contribution in [0.5, 0.6) is 0 Å². The molecule has 1 aliphatic heterocycles. The normalized spacial score (nSPS) is 16.6. The average Bonchev–Trinajstić information content (AvgIpc) is 2.74. The van der Waals surface area contributed by atoms with E-state index < -0.39 is 11.9 Å². The van der Waals surface area contributed by atoms with E-state index in [-0.39, 0.29) is 23.8 Å². The lowest BCUT2D eigenvalue weighted by molar-refractivity contribution is -0.139. The standard InChI is InChI=1S/C23H24N2O4/c1-16-21(23(28)29-2)19(15-20(26)25(16)18-11-7-4-8-12-18)22(27)24-14-13-17-9-5-3-6-10-17/h3-12,19H,13-15H2,1-2H3,(H,24,27)/t19-/m1/s1. The molecule has 2 aromatic rings. The number of ether oxygens (including phenoxy) is 1. The summed E-state index contributed by atoms with van der Waals surface area (Å²) in [5, 5.41) is 2.85. The second-order valence-corrected chi connectivity index (χ2v) is 6.84. The third-order valence-corrected chi connectivity index (χ3v) is 4.99. The molecule has 0 saturated heterocycles. The SMILES string of the molecule is COC(=O)C1=C(C)N(c2ccccc2)C(=O)C[C@H]1C(=O)NCCc1ccccc1. The first-order chi connectivity index (χ1) is 14.0. The lowest BCUT2D eigenvalue weighted by atomic mass is 9.88. The van der Waals surface area contributed by atoms with Crippen molar-refractivity contribution in [1.29, 1.82) is 0 Å². The fourth-order valence-corrected chi connectivity index (χ4v) is 3.56. The molecule has 0 aromatic heterocycles. The maximum absolute atomic E-state index is 12.8. The van der Waals surface area contributed by atoms with Crippen molar-refractivity contribution in [1.82, 2.24) is 5.32 Å². The van der Waals surface area contributed by atoms with Crippen LogP contribution in [0.4, 0.5) is 5.69 Å². The summed E-state index contributed by atoms with van der Waals surface area (Å²) in [5.41, 5.74) is 2.39. The van der Waals surface area contributed by atoms with Gasteiger partial charge in [-0.05, 0) is 31.0 Å². The van der Waals surface area contributed by atoms with E-state index in [1.165, 1.54) is 12.0 Å². The number of para-hydroxylation sites is 1. The Morgan fingerprint density at radius 2 is 1.69 bits per heavy atom. The van der Waals surface area contributed by atoms with Crippen LogP contribution in [0.1, 0.15) is 18.9 Å². The molecule has 150 valence electrons. The first-order valence-electron chi connectivity index (χ1n) is 9.51. The molecule has 0 bridgehead atoms. The number of anilines is 1. The van der Waals surface area contributed by atoms with Crippen LogP contribution in [0.15, 0.2) is 71.9 Å². The van der Waals surface area contributed by atoms with Gasteiger partial charge in [0.15, 0.2) is 0 Å². The third kappa shape index (κ3) is 4.54. The van der Waals surface area contributed by atoms with E-state index in [9.17, 15) is 14.4 Å². The molecule has 0 radical (unpaired) electrons. The zero-order chi connectivity index (χ0) is 20.8. The molecule has 1 aliphatic rings. The second kappa shape index (κ2) is 9.19. The molecule has 1 atom stereocenters. The van der Waals surface area contributed by atoms with Crippen molar-refractivity contribution in [2.75, 3.05) is 18.6 Å². The molecular formula is C23H24N2O4. The highest BCUT2D eigenvalue weighted by molar-refractivity contribution is 6.08. The largest absolute Gasteiger partial charge is 0.466 e. The molecule has 6 nitrogen and oxygen atoms in total. The number of esters is 1. The molecule has 0 fully saturated rings. The quantitative estimate of drug-likeness (QED) is 0.767. The van der Waals surface area contributed by atoms with Gasteiger partial charge < -0.3 is 10.1 Å². The van der Waals surface area contributed by atoms with Crippen LogP contribution in [0.25, 0.3) is 0 Å². The Hall–Kier alpha value is -3.41. The van der Waals surface area contributed by atoms with Gasteiger partial charge in [0.2, 0.25) is 11.8 Å². The van der Waals surface area contributed by atoms with Crippen LogP contribution in [0.3, 0.4) is 0 Å². The number of nitrogens with zero attached hydrogens (tertiary/aromatic N) is 1. The van der Waals surface area contributed by atoms with Crippen LogP contribution in [0, 0.1) is 5.92 Å². The van der Waals surface area contributed by atoms with Crippen molar-refractivity contribution in [3.8, 4) is 0 Å². The minimum absolute atomic E-state index is 0.0894. The summed E-state index contributed by atoms with van der Waals surface area (Å²) in [5.74, 6) is -2.05. The first-order valence-corrected chi connectivity index (χ1v) is 9.51. The van der Waals surface area contributed by atoms with Crippen molar-refractivity contribution in [2.45, 2.75) is 19.8 Å². The van der Waals surface area contributed by atoms with E-state index in [4.69, 9.17) is 4.74 Å². The average molecular weight is 392 g/mol. The number of hydrogen-bond acceptors (Lipinski definition) is 4. The minimum Gasteiger partial charge on any atom is -0.466 e. The Balaban J connectivity index is 1.82. The molecule has 0 saturated carbocycles. The summed E-state index contributed by atoms with van der Waals surface area (Å²) in [7, 11) is 1.27. The van der Waals surface area contributed by atoms with Crippen molar-refractivity contribution in [3.63, 3.8) is 0 Å². The van der Waals surface area contributed by atoms with Crippen molar-refractivity contribution in [2.24, 2.45) is 5.92 Å². The highest BCUT2D eigenvalue weighted by atomic mass is 16.5. The molecule has 1 N–H and O–H groups in total. The number of methoxy groups -OCH3 is 1. The molecule has 0 unspecified atom stereocenters. The molecule has 0 spiro atoms. The molecule has 1 heterocycles. The number of hydrogen-bond donors (Lipinski definition) is 1. The predicted octanol–water partition coefficient (Wildman–Crippen LogP) is 2.85. The highest BCUT2D eigenvalue weighted by Crippen LogP contribution is 2.33. The van der Waals surface area contributed by atoms with Gasteiger partial charge >= 0.3 is 5.97 Å². The molecule has 0 aliphatic carbocycles. The molecule has 29 heavy (non-hydrogen) atoms. The van der Waals surface area contributed by atoms with Crippen LogP contribution in [-0.2, 0) is 25.5 Å². The van der Waals surface area contributed by atoms with Gasteiger partial charge in [0.1, 0.15) is 0 Å². The molecule has 6 heteroatoms. The van der Waals surface area contributed by atoms with Crippen molar-refractivity contribution < 1.29 is 19.1 Å². The van der Waals surface area contributed by atoms with Gasteiger partial charge in [-0.25, -0.2) is 4.79 Å². The Bertz CT molecular complexity index is 922. The van der Waals surface area contributed by atoms with Gasteiger partial charge in [-0.2, -0.15) is 0 Å². The number of rotatable bonds is 6. The van der Waals surface area contributed by atoms with E-state index in [0.717, 1.165) is 5.56 Å². The van der Waals surface area contributed by atoms with Gasteiger partial charge in [0.05, 0.1) is 18.6 Å². The summed E-state index contributed by atoms with van der Waals surface area (Å²) in [6.45, 7) is 2.09. The van der Waals surface area contributed by atoms with Crippen LogP contribution in [-0.4, -0.2) is 31.4 Å². The maximum Gasteiger partial charge on any atom is 0.336 e. The van der Waals surface area contributed by atoms with Gasteiger partial charge in [-0.1, -0.05) is 48.5 Å². The lowest BCUT2D eigenvalue weighted by Gasteiger charge is -2.33. The van der Waals surface area contributed by atoms with Crippen LogP contribution >= 0.6 is 0 Å². The number of carbonyl (C=O) groups excluding carboxylic acids is 3. The molecule has 3 rings (SSSR count). The van der Waals surface area contributed by atoms with E-state index in [0.29, 0.717) is 24.4 Å². The number of amides is 2. The fourth-order valence-electron chi connectivity index (χ4n) is 3.56. The summed E-state index contributed by atoms with van der Waals surface area (Å²) in [6, 6.07) is 18.8. The van der Waals surface area contributed by atoms with Crippen molar-refractivity contribution in [3.05, 3.63) is 77.5 Å². The Morgan fingerprint density at radius 1 is 1.07 bits per heavy atom. The third-order valence-electron chi connectivity index (χ3n) is 4.99. The van der Waals surface area contributed by atoms with E-state index in [2.05, 4.69) is 5.32 Å². The first kappa shape index (κ1) is 20.3.